The molecule has 0 aliphatic heterocycles. The highest BCUT2D eigenvalue weighted by atomic mass is 35.5. The van der Waals surface area contributed by atoms with E-state index in [-0.39, 0.29) is 10.9 Å². The van der Waals surface area contributed by atoms with Crippen LogP contribution in [0.25, 0.3) is 11.3 Å². The Hall–Kier alpha value is -2.25. The summed E-state index contributed by atoms with van der Waals surface area (Å²) in [6.45, 7) is 0. The lowest BCUT2D eigenvalue weighted by Gasteiger charge is -2.12. The third kappa shape index (κ3) is 4.77. The average Bonchev–Trinajstić information content (AvgIpc) is 3.11. The predicted molar refractivity (Wildman–Crippen MR) is 116 cm³/mol. The van der Waals surface area contributed by atoms with E-state index < -0.39 is 5.91 Å². The molecule has 1 aromatic heterocycles. The van der Waals surface area contributed by atoms with Crippen LogP contribution in [-0.2, 0) is 0 Å². The average molecular weight is 456 g/mol. The molecule has 0 atom stereocenters. The van der Waals surface area contributed by atoms with Gasteiger partial charge in [-0.1, -0.05) is 34.8 Å². The molecule has 0 unspecified atom stereocenters. The van der Waals surface area contributed by atoms with Gasteiger partial charge in [-0.15, -0.1) is 0 Å². The number of carbonyl (C=O) groups excluding carboxylic acids is 1. The lowest BCUT2D eigenvalue weighted by atomic mass is 10.2. The fourth-order valence-electron chi connectivity index (χ4n) is 2.39. The number of carbonyl (C=O) groups is 1. The minimum Gasteiger partial charge on any atom is -0.495 e. The minimum absolute atomic E-state index is 0.0630. The van der Waals surface area contributed by atoms with E-state index >= 15 is 0 Å². The second kappa shape index (κ2) is 8.84. The molecule has 0 fully saturated rings. The number of methoxy groups -OCH3 is 1. The molecule has 28 heavy (non-hydrogen) atoms. The highest BCUT2D eigenvalue weighted by Gasteiger charge is 2.16. The molecule has 1 heterocycles. The van der Waals surface area contributed by atoms with Gasteiger partial charge in [0.25, 0.3) is 5.91 Å². The van der Waals surface area contributed by atoms with Gasteiger partial charge in [-0.3, -0.25) is 10.1 Å². The van der Waals surface area contributed by atoms with Crippen LogP contribution < -0.4 is 15.4 Å². The summed E-state index contributed by atoms with van der Waals surface area (Å²) in [5.74, 6) is 0.513. The summed E-state index contributed by atoms with van der Waals surface area (Å²) in [5.41, 5.74) is 1.14. The minimum atomic E-state index is -0.519. The molecular weight excluding hydrogens is 443 g/mol. The summed E-state index contributed by atoms with van der Waals surface area (Å²) in [7, 11) is 1.52. The maximum atomic E-state index is 12.4. The topological polar surface area (TPSA) is 63.5 Å². The van der Waals surface area contributed by atoms with Crippen LogP contribution in [0, 0.1) is 0 Å². The fourth-order valence-corrected chi connectivity index (χ4v) is 3.27. The molecule has 0 aliphatic rings. The van der Waals surface area contributed by atoms with Gasteiger partial charge in [0.15, 0.2) is 10.9 Å². The Morgan fingerprint density at radius 2 is 1.75 bits per heavy atom. The zero-order valence-electron chi connectivity index (χ0n) is 14.4. The van der Waals surface area contributed by atoms with Crippen molar-refractivity contribution in [3.63, 3.8) is 0 Å². The second-order valence-corrected chi connectivity index (χ2v) is 7.23. The van der Waals surface area contributed by atoms with Crippen LogP contribution >= 0.6 is 47.0 Å². The van der Waals surface area contributed by atoms with Crippen molar-refractivity contribution in [1.82, 2.24) is 5.32 Å². The maximum Gasteiger partial charge on any atom is 0.293 e. The molecule has 5 nitrogen and oxygen atoms in total. The Balaban J connectivity index is 1.71. The third-order valence-electron chi connectivity index (χ3n) is 3.66. The lowest BCUT2D eigenvalue weighted by Crippen LogP contribution is -2.34. The van der Waals surface area contributed by atoms with Crippen LogP contribution in [0.5, 0.6) is 5.75 Å². The van der Waals surface area contributed by atoms with Crippen LogP contribution in [0.3, 0.4) is 0 Å². The molecule has 0 saturated heterocycles. The Morgan fingerprint density at radius 3 is 2.46 bits per heavy atom. The highest BCUT2D eigenvalue weighted by molar-refractivity contribution is 7.80. The number of halogens is 3. The summed E-state index contributed by atoms with van der Waals surface area (Å²) in [6.07, 6.45) is 0. The summed E-state index contributed by atoms with van der Waals surface area (Å²) in [5, 5.41) is 6.89. The van der Waals surface area contributed by atoms with Crippen molar-refractivity contribution in [3.05, 3.63) is 69.4 Å². The van der Waals surface area contributed by atoms with Crippen LogP contribution in [0.2, 0.25) is 15.1 Å². The molecule has 0 saturated carbocycles. The molecule has 1 amide bonds. The zero-order valence-corrected chi connectivity index (χ0v) is 17.5. The van der Waals surface area contributed by atoms with Gasteiger partial charge in [0.05, 0.1) is 17.8 Å². The van der Waals surface area contributed by atoms with Gasteiger partial charge in [0.2, 0.25) is 0 Å². The van der Waals surface area contributed by atoms with Crippen LogP contribution in [0.15, 0.2) is 52.9 Å². The van der Waals surface area contributed by atoms with E-state index in [1.54, 1.807) is 42.5 Å². The lowest BCUT2D eigenvalue weighted by molar-refractivity contribution is 0.0951. The van der Waals surface area contributed by atoms with E-state index in [1.165, 1.54) is 13.2 Å². The van der Waals surface area contributed by atoms with Gasteiger partial charge < -0.3 is 14.5 Å². The molecular formula is C19H13Cl3N2O3S. The first-order chi connectivity index (χ1) is 13.4. The Bertz CT molecular complexity index is 1050. The molecule has 0 spiro atoms. The van der Waals surface area contributed by atoms with Gasteiger partial charge in [-0.2, -0.15) is 0 Å². The van der Waals surface area contributed by atoms with E-state index in [1.807, 2.05) is 0 Å². The fraction of sp³-hybridized carbons (Fsp3) is 0.0526. The van der Waals surface area contributed by atoms with Crippen molar-refractivity contribution < 1.29 is 13.9 Å². The van der Waals surface area contributed by atoms with E-state index in [0.717, 1.165) is 0 Å². The molecule has 0 aliphatic carbocycles. The maximum absolute atomic E-state index is 12.4. The van der Waals surface area contributed by atoms with Crippen molar-refractivity contribution in [3.8, 4) is 17.1 Å². The number of ether oxygens (including phenoxy) is 1. The number of benzene rings is 2. The first-order valence-electron chi connectivity index (χ1n) is 7.88. The number of hydrogen-bond acceptors (Lipinski definition) is 4. The monoisotopic (exact) mass is 454 g/mol. The summed E-state index contributed by atoms with van der Waals surface area (Å²) >= 11 is 23.2. The molecule has 2 N–H and O–H groups in total. The first kappa shape index (κ1) is 20.5. The third-order valence-corrected chi connectivity index (χ3v) is 4.65. The zero-order chi connectivity index (χ0) is 20.3. The van der Waals surface area contributed by atoms with Crippen molar-refractivity contribution in [2.45, 2.75) is 0 Å². The molecule has 3 rings (SSSR count). The number of nitrogens with one attached hydrogen (secondary N) is 2. The molecule has 0 radical (unpaired) electrons. The number of furan rings is 1. The van der Waals surface area contributed by atoms with E-state index in [2.05, 4.69) is 10.6 Å². The largest absolute Gasteiger partial charge is 0.495 e. The van der Waals surface area contributed by atoms with Crippen LogP contribution in [-0.4, -0.2) is 18.1 Å². The predicted octanol–water partition coefficient (Wildman–Crippen LogP) is 6.04. The van der Waals surface area contributed by atoms with Crippen molar-refractivity contribution >= 4 is 63.7 Å². The molecule has 0 bridgehead atoms. The number of amides is 1. The molecule has 2 aromatic carbocycles. The van der Waals surface area contributed by atoms with Crippen LogP contribution in [0.4, 0.5) is 5.69 Å². The Kier molecular flexibility index (Phi) is 6.46. The van der Waals surface area contributed by atoms with Gasteiger partial charge in [0.1, 0.15) is 11.5 Å². The number of hydrogen-bond donors (Lipinski definition) is 2. The smallest absolute Gasteiger partial charge is 0.293 e. The van der Waals surface area contributed by atoms with Crippen LogP contribution in [0.1, 0.15) is 10.6 Å². The Labute approximate surface area is 181 Å². The SMILES string of the molecule is COc1ccc(Cl)cc1NC(=S)NC(=O)c1ccc(-c2ccc(Cl)cc2Cl)o1. The second-order valence-electron chi connectivity index (χ2n) is 5.54. The van der Waals surface area contributed by atoms with Gasteiger partial charge in [-0.05, 0) is 60.7 Å². The molecule has 144 valence electrons. The molecule has 3 aromatic rings. The molecule has 9 heteroatoms. The number of thiocarbonyl (C=S) groups is 1. The Morgan fingerprint density at radius 1 is 1.04 bits per heavy atom. The van der Waals surface area contributed by atoms with E-state index in [4.69, 9.17) is 56.2 Å². The van der Waals surface area contributed by atoms with Gasteiger partial charge in [-0.25, -0.2) is 0 Å². The van der Waals surface area contributed by atoms with Gasteiger partial charge >= 0.3 is 0 Å². The van der Waals surface area contributed by atoms with Crippen molar-refractivity contribution in [2.24, 2.45) is 0 Å². The van der Waals surface area contributed by atoms with Gasteiger partial charge in [0, 0.05) is 15.6 Å². The number of anilines is 1. The summed E-state index contributed by atoms with van der Waals surface area (Å²) in [6, 6.07) is 13.2. The summed E-state index contributed by atoms with van der Waals surface area (Å²) in [4.78, 5) is 12.4. The first-order valence-corrected chi connectivity index (χ1v) is 9.42. The summed E-state index contributed by atoms with van der Waals surface area (Å²) < 4.78 is 10.8. The van der Waals surface area contributed by atoms with Crippen molar-refractivity contribution in [2.75, 3.05) is 12.4 Å². The normalized spacial score (nSPS) is 10.4. The highest BCUT2D eigenvalue weighted by Crippen LogP contribution is 2.31. The standard InChI is InChI=1S/C19H13Cl3N2O3S/c1-26-16-5-3-11(21)9-14(16)23-19(28)24-18(25)17-7-6-15(27-17)12-4-2-10(20)8-13(12)22/h2-9H,1H3,(H2,23,24,25,28). The number of rotatable bonds is 4. The van der Waals surface area contributed by atoms with E-state index in [0.29, 0.717) is 37.8 Å². The van der Waals surface area contributed by atoms with Crippen molar-refractivity contribution in [1.29, 1.82) is 0 Å². The van der Waals surface area contributed by atoms with E-state index in [9.17, 15) is 4.79 Å². The quantitative estimate of drug-likeness (QED) is 0.469.